The fourth-order valence-corrected chi connectivity index (χ4v) is 2.86. The van der Waals surface area contributed by atoms with E-state index in [4.69, 9.17) is 0 Å². The molecule has 1 amide bonds. The molecule has 0 spiro atoms. The van der Waals surface area contributed by atoms with Crippen molar-refractivity contribution >= 4 is 22.4 Å². The number of carbonyl (C=O) groups excluding carboxylic acids is 1. The van der Waals surface area contributed by atoms with E-state index in [1.165, 1.54) is 29.6 Å². The van der Waals surface area contributed by atoms with Gasteiger partial charge in [0.1, 0.15) is 17.7 Å². The first-order chi connectivity index (χ1) is 12.7. The van der Waals surface area contributed by atoms with Gasteiger partial charge in [-0.15, -0.1) is 5.10 Å². The van der Waals surface area contributed by atoms with Gasteiger partial charge in [-0.1, -0.05) is 22.6 Å². The molecule has 11 heteroatoms. The van der Waals surface area contributed by atoms with Gasteiger partial charge in [0.15, 0.2) is 10.8 Å². The number of rotatable bonds is 4. The van der Waals surface area contributed by atoms with Crippen LogP contribution in [0.2, 0.25) is 0 Å². The lowest BCUT2D eigenvalue weighted by molar-refractivity contribution is 0.101. The molecule has 0 saturated carbocycles. The average Bonchev–Trinajstić information content (AvgIpc) is 3.30. The van der Waals surface area contributed by atoms with Crippen LogP contribution in [0.1, 0.15) is 10.5 Å². The molecule has 9 nitrogen and oxygen atoms in total. The van der Waals surface area contributed by atoms with Gasteiger partial charge >= 0.3 is 0 Å². The predicted molar refractivity (Wildman–Crippen MR) is 90.2 cm³/mol. The van der Waals surface area contributed by atoms with Crippen molar-refractivity contribution in [1.82, 2.24) is 34.9 Å². The molecular formula is C15H9FN8OS. The second kappa shape index (κ2) is 6.72. The van der Waals surface area contributed by atoms with Crippen molar-refractivity contribution in [2.75, 3.05) is 5.32 Å². The molecule has 4 rings (SSSR count). The van der Waals surface area contributed by atoms with Crippen molar-refractivity contribution in [3.63, 3.8) is 0 Å². The Morgan fingerprint density at radius 3 is 2.81 bits per heavy atom. The smallest absolute Gasteiger partial charge is 0.277 e. The highest BCUT2D eigenvalue weighted by Gasteiger charge is 2.19. The summed E-state index contributed by atoms with van der Waals surface area (Å²) in [5.74, 6) is -0.542. The van der Waals surface area contributed by atoms with Crippen LogP contribution in [0.3, 0.4) is 0 Å². The van der Waals surface area contributed by atoms with E-state index in [-0.39, 0.29) is 16.5 Å². The molecule has 0 saturated heterocycles. The maximum atomic E-state index is 14.2. The molecule has 4 aromatic heterocycles. The van der Waals surface area contributed by atoms with Gasteiger partial charge in [-0.05, 0) is 12.1 Å². The van der Waals surface area contributed by atoms with E-state index in [1.54, 1.807) is 24.4 Å². The van der Waals surface area contributed by atoms with E-state index < -0.39 is 11.0 Å². The monoisotopic (exact) mass is 368 g/mol. The standard InChI is InChI=1S/C15H9FN8OS/c16-13-12(10-3-1-2-4-19-10)21-15(26-13)22-14(25)11-7-20-23-24(11)9-5-17-8-18-6-9/h1-8H,(H,21,22,25). The number of nitrogens with zero attached hydrogens (tertiary/aromatic N) is 7. The summed E-state index contributed by atoms with van der Waals surface area (Å²) in [6.07, 6.45) is 7.16. The molecule has 4 heterocycles. The average molecular weight is 368 g/mol. The lowest BCUT2D eigenvalue weighted by atomic mass is 10.3. The maximum Gasteiger partial charge on any atom is 0.277 e. The minimum Gasteiger partial charge on any atom is -0.296 e. The summed E-state index contributed by atoms with van der Waals surface area (Å²) in [7, 11) is 0. The van der Waals surface area contributed by atoms with E-state index in [1.807, 2.05) is 0 Å². The Balaban J connectivity index is 1.60. The summed E-state index contributed by atoms with van der Waals surface area (Å²) in [5, 5.41) is 9.68. The second-order valence-corrected chi connectivity index (χ2v) is 5.89. The van der Waals surface area contributed by atoms with Gasteiger partial charge in [0.25, 0.3) is 5.91 Å². The third-order valence-electron chi connectivity index (χ3n) is 3.29. The van der Waals surface area contributed by atoms with Crippen LogP contribution in [0.5, 0.6) is 0 Å². The van der Waals surface area contributed by atoms with Gasteiger partial charge in [-0.3, -0.25) is 15.1 Å². The van der Waals surface area contributed by atoms with E-state index in [0.29, 0.717) is 22.7 Å². The molecule has 0 bridgehead atoms. The molecule has 0 aliphatic rings. The third-order valence-corrected chi connectivity index (χ3v) is 4.05. The zero-order valence-corrected chi connectivity index (χ0v) is 13.8. The minimum atomic E-state index is -0.542. The highest BCUT2D eigenvalue weighted by Crippen LogP contribution is 2.28. The van der Waals surface area contributed by atoms with Crippen molar-refractivity contribution in [1.29, 1.82) is 0 Å². The molecule has 4 aromatic rings. The summed E-state index contributed by atoms with van der Waals surface area (Å²) in [6, 6.07) is 5.08. The van der Waals surface area contributed by atoms with Crippen molar-refractivity contribution in [2.24, 2.45) is 0 Å². The molecule has 0 fully saturated rings. The van der Waals surface area contributed by atoms with Crippen LogP contribution in [0.15, 0.2) is 49.3 Å². The number of hydrogen-bond donors (Lipinski definition) is 1. The first-order valence-corrected chi connectivity index (χ1v) is 8.09. The van der Waals surface area contributed by atoms with Crippen LogP contribution >= 0.6 is 11.3 Å². The number of anilines is 1. The zero-order chi connectivity index (χ0) is 17.9. The SMILES string of the molecule is O=C(Nc1nc(-c2ccccn2)c(F)s1)c1cnnn1-c1cncnc1. The first-order valence-electron chi connectivity index (χ1n) is 7.27. The van der Waals surface area contributed by atoms with Crippen LogP contribution in [-0.2, 0) is 0 Å². The van der Waals surface area contributed by atoms with Gasteiger partial charge in [0.05, 0.1) is 24.3 Å². The number of carbonyl (C=O) groups is 1. The van der Waals surface area contributed by atoms with Gasteiger partial charge in [0.2, 0.25) is 5.13 Å². The number of amides is 1. The highest BCUT2D eigenvalue weighted by molar-refractivity contribution is 7.14. The summed E-state index contributed by atoms with van der Waals surface area (Å²) >= 11 is 0.712. The fourth-order valence-electron chi connectivity index (χ4n) is 2.16. The zero-order valence-electron chi connectivity index (χ0n) is 12.9. The summed E-state index contributed by atoms with van der Waals surface area (Å²) in [5.41, 5.74) is 1.06. The van der Waals surface area contributed by atoms with Crippen LogP contribution < -0.4 is 5.32 Å². The Hall–Kier alpha value is -3.60. The van der Waals surface area contributed by atoms with Gasteiger partial charge in [-0.25, -0.2) is 19.6 Å². The number of halogens is 1. The van der Waals surface area contributed by atoms with E-state index >= 15 is 0 Å². The molecule has 0 aromatic carbocycles. The molecule has 0 aliphatic heterocycles. The topological polar surface area (TPSA) is 111 Å². The van der Waals surface area contributed by atoms with Gasteiger partial charge < -0.3 is 0 Å². The predicted octanol–water partition coefficient (Wildman–Crippen LogP) is 1.97. The minimum absolute atomic E-state index is 0.0778. The Kier molecular flexibility index (Phi) is 4.11. The molecule has 0 unspecified atom stereocenters. The van der Waals surface area contributed by atoms with Gasteiger partial charge in [-0.2, -0.15) is 4.39 Å². The first kappa shape index (κ1) is 15.9. The van der Waals surface area contributed by atoms with Crippen molar-refractivity contribution in [3.05, 3.63) is 60.1 Å². The summed E-state index contributed by atoms with van der Waals surface area (Å²) < 4.78 is 15.4. The lowest BCUT2D eigenvalue weighted by Crippen LogP contribution is -2.17. The lowest BCUT2D eigenvalue weighted by Gasteiger charge is -2.04. The summed E-state index contributed by atoms with van der Waals surface area (Å²) in [4.78, 5) is 28.4. The number of pyridine rings is 1. The number of thiazole rings is 1. The van der Waals surface area contributed by atoms with Crippen LogP contribution in [0, 0.1) is 5.13 Å². The molecule has 0 atom stereocenters. The molecule has 26 heavy (non-hydrogen) atoms. The molecular weight excluding hydrogens is 359 g/mol. The number of nitrogens with one attached hydrogen (secondary N) is 1. The van der Waals surface area contributed by atoms with Crippen LogP contribution in [0.25, 0.3) is 17.1 Å². The highest BCUT2D eigenvalue weighted by atomic mass is 32.1. The fraction of sp³-hybridized carbons (Fsp3) is 0. The van der Waals surface area contributed by atoms with Crippen molar-refractivity contribution in [3.8, 4) is 17.1 Å². The van der Waals surface area contributed by atoms with Crippen LogP contribution in [0.4, 0.5) is 9.52 Å². The molecule has 0 radical (unpaired) electrons. The van der Waals surface area contributed by atoms with E-state index in [0.717, 1.165) is 0 Å². The molecule has 1 N–H and O–H groups in total. The molecule has 128 valence electrons. The summed E-state index contributed by atoms with van der Waals surface area (Å²) in [6.45, 7) is 0. The van der Waals surface area contributed by atoms with Crippen LogP contribution in [-0.4, -0.2) is 40.8 Å². The quantitative estimate of drug-likeness (QED) is 0.586. The largest absolute Gasteiger partial charge is 0.296 e. The van der Waals surface area contributed by atoms with E-state index in [9.17, 15) is 9.18 Å². The second-order valence-electron chi connectivity index (χ2n) is 4.94. The normalized spacial score (nSPS) is 10.7. The van der Waals surface area contributed by atoms with Gasteiger partial charge in [0, 0.05) is 6.20 Å². The maximum absolute atomic E-state index is 14.2. The number of aromatic nitrogens is 7. The Morgan fingerprint density at radius 2 is 2.04 bits per heavy atom. The van der Waals surface area contributed by atoms with Crippen molar-refractivity contribution < 1.29 is 9.18 Å². The third kappa shape index (κ3) is 3.02. The number of hydrogen-bond acceptors (Lipinski definition) is 8. The van der Waals surface area contributed by atoms with Crippen molar-refractivity contribution in [2.45, 2.75) is 0 Å². The Labute approximate surface area is 149 Å². The Morgan fingerprint density at radius 1 is 1.19 bits per heavy atom. The van der Waals surface area contributed by atoms with E-state index in [2.05, 4.69) is 35.6 Å². The Bertz CT molecular complexity index is 1050. The molecule has 0 aliphatic carbocycles.